The van der Waals surface area contributed by atoms with Gasteiger partial charge in [0.2, 0.25) is 5.91 Å². The lowest BCUT2D eigenvalue weighted by atomic mass is 10.2. The zero-order chi connectivity index (χ0) is 20.9. The van der Waals surface area contributed by atoms with Crippen molar-refractivity contribution in [1.29, 1.82) is 0 Å². The van der Waals surface area contributed by atoms with E-state index in [2.05, 4.69) is 20.2 Å². The molecule has 0 spiro atoms. The van der Waals surface area contributed by atoms with Gasteiger partial charge in [0.1, 0.15) is 22.9 Å². The van der Waals surface area contributed by atoms with Gasteiger partial charge in [-0.25, -0.2) is 9.97 Å². The summed E-state index contributed by atoms with van der Waals surface area (Å²) in [5.41, 5.74) is -0.906. The van der Waals surface area contributed by atoms with Crippen molar-refractivity contribution in [3.8, 4) is 5.75 Å². The summed E-state index contributed by atoms with van der Waals surface area (Å²) in [6.45, 7) is 2.68. The number of hydrogen-bond donors (Lipinski definition) is 1. The van der Waals surface area contributed by atoms with Gasteiger partial charge in [0, 0.05) is 19.2 Å². The molecule has 0 atom stereocenters. The highest BCUT2D eigenvalue weighted by Crippen LogP contribution is 2.35. The maximum Gasteiger partial charge on any atom is 0.416 e. The molecule has 7 nitrogen and oxygen atoms in total. The number of carbonyl (C=O) groups excluding carboxylic acids is 1. The average molecular weight is 428 g/mol. The van der Waals surface area contributed by atoms with Crippen LogP contribution in [0, 0.1) is 0 Å². The highest BCUT2D eigenvalue weighted by atomic mass is 32.2. The largest absolute Gasteiger partial charge is 0.495 e. The minimum atomic E-state index is -4.52. The Bertz CT molecular complexity index is 860. The van der Waals surface area contributed by atoms with Crippen molar-refractivity contribution < 1.29 is 27.4 Å². The van der Waals surface area contributed by atoms with Gasteiger partial charge in [0.15, 0.2) is 0 Å². The highest BCUT2D eigenvalue weighted by Gasteiger charge is 2.31. The molecule has 1 aromatic carbocycles. The van der Waals surface area contributed by atoms with Crippen LogP contribution in [-0.4, -0.2) is 55.0 Å². The predicted octanol–water partition coefficient (Wildman–Crippen LogP) is 3.07. The van der Waals surface area contributed by atoms with Crippen molar-refractivity contribution in [2.24, 2.45) is 0 Å². The van der Waals surface area contributed by atoms with Crippen LogP contribution in [0.15, 0.2) is 35.6 Å². The van der Waals surface area contributed by atoms with Crippen LogP contribution in [0.5, 0.6) is 5.75 Å². The van der Waals surface area contributed by atoms with Crippen molar-refractivity contribution in [2.75, 3.05) is 49.4 Å². The highest BCUT2D eigenvalue weighted by molar-refractivity contribution is 7.99. The summed E-state index contributed by atoms with van der Waals surface area (Å²) in [6, 6.07) is 4.69. The SMILES string of the molecule is COc1ccc(C(F)(F)F)cc1NC(=O)CSc1cc(N2CCOCC2)ncn1. The number of nitrogens with zero attached hydrogens (tertiary/aromatic N) is 3. The van der Waals surface area contributed by atoms with E-state index in [1.54, 1.807) is 6.07 Å². The Morgan fingerprint density at radius 3 is 2.72 bits per heavy atom. The van der Waals surface area contributed by atoms with E-state index in [0.29, 0.717) is 18.2 Å². The van der Waals surface area contributed by atoms with Crippen LogP contribution in [0.3, 0.4) is 0 Å². The lowest BCUT2D eigenvalue weighted by Crippen LogP contribution is -2.36. The number of anilines is 2. The van der Waals surface area contributed by atoms with Gasteiger partial charge in [0.05, 0.1) is 37.3 Å². The van der Waals surface area contributed by atoms with Crippen molar-refractivity contribution in [3.05, 3.63) is 36.2 Å². The van der Waals surface area contributed by atoms with Crippen molar-refractivity contribution >= 4 is 29.2 Å². The van der Waals surface area contributed by atoms with Gasteiger partial charge in [0.25, 0.3) is 0 Å². The number of alkyl halides is 3. The molecule has 1 aliphatic rings. The second kappa shape index (κ2) is 9.31. The maximum atomic E-state index is 12.9. The summed E-state index contributed by atoms with van der Waals surface area (Å²) in [4.78, 5) is 22.7. The number of halogens is 3. The molecular formula is C18H19F3N4O3S. The van der Waals surface area contributed by atoms with Crippen LogP contribution < -0.4 is 15.0 Å². The fraction of sp³-hybridized carbons (Fsp3) is 0.389. The first-order valence-electron chi connectivity index (χ1n) is 8.69. The number of amides is 1. The summed E-state index contributed by atoms with van der Waals surface area (Å²) in [7, 11) is 1.32. The Morgan fingerprint density at radius 1 is 1.28 bits per heavy atom. The number of nitrogens with one attached hydrogen (secondary N) is 1. The van der Waals surface area contributed by atoms with E-state index in [1.807, 2.05) is 0 Å². The molecule has 29 heavy (non-hydrogen) atoms. The van der Waals surface area contributed by atoms with E-state index in [4.69, 9.17) is 9.47 Å². The molecule has 11 heteroatoms. The zero-order valence-corrected chi connectivity index (χ0v) is 16.3. The molecule has 1 saturated heterocycles. The van der Waals surface area contributed by atoms with Crippen molar-refractivity contribution in [2.45, 2.75) is 11.2 Å². The van der Waals surface area contributed by atoms with Gasteiger partial charge < -0.3 is 19.7 Å². The molecule has 0 aliphatic carbocycles. The summed E-state index contributed by atoms with van der Waals surface area (Å²) >= 11 is 1.17. The van der Waals surface area contributed by atoms with Crippen LogP contribution in [-0.2, 0) is 15.7 Å². The fourth-order valence-corrected chi connectivity index (χ4v) is 3.34. The molecule has 0 radical (unpaired) electrons. The number of rotatable bonds is 6. The molecule has 3 rings (SSSR count). The van der Waals surface area contributed by atoms with Gasteiger partial charge in [-0.3, -0.25) is 4.79 Å². The second-order valence-corrected chi connectivity index (χ2v) is 7.06. The summed E-state index contributed by atoms with van der Waals surface area (Å²) in [6.07, 6.45) is -3.10. The number of thioether (sulfide) groups is 1. The molecule has 1 N–H and O–H groups in total. The minimum Gasteiger partial charge on any atom is -0.495 e. The van der Waals surface area contributed by atoms with E-state index in [-0.39, 0.29) is 17.2 Å². The van der Waals surface area contributed by atoms with E-state index in [0.717, 1.165) is 31.0 Å². The summed E-state index contributed by atoms with van der Waals surface area (Å²) in [5, 5.41) is 3.06. The van der Waals surface area contributed by atoms with E-state index in [9.17, 15) is 18.0 Å². The van der Waals surface area contributed by atoms with Crippen LogP contribution >= 0.6 is 11.8 Å². The first kappa shape index (κ1) is 21.2. The summed E-state index contributed by atoms with van der Waals surface area (Å²) < 4.78 is 49.1. The number of benzene rings is 1. The minimum absolute atomic E-state index is 0.0288. The van der Waals surface area contributed by atoms with E-state index < -0.39 is 17.6 Å². The molecule has 0 bridgehead atoms. The van der Waals surface area contributed by atoms with Crippen LogP contribution in [0.4, 0.5) is 24.7 Å². The number of morpholine rings is 1. The van der Waals surface area contributed by atoms with Gasteiger partial charge in [-0.1, -0.05) is 11.8 Å². The Hall–Kier alpha value is -2.53. The van der Waals surface area contributed by atoms with E-state index >= 15 is 0 Å². The molecule has 1 amide bonds. The Kier molecular flexibility index (Phi) is 6.80. The van der Waals surface area contributed by atoms with Crippen LogP contribution in [0.2, 0.25) is 0 Å². The van der Waals surface area contributed by atoms with E-state index in [1.165, 1.54) is 31.3 Å². The fourth-order valence-electron chi connectivity index (χ4n) is 2.68. The third-order valence-corrected chi connectivity index (χ3v) is 5.04. The number of carbonyl (C=O) groups is 1. The topological polar surface area (TPSA) is 76.6 Å². The Balaban J connectivity index is 1.63. The predicted molar refractivity (Wildman–Crippen MR) is 102 cm³/mol. The first-order chi connectivity index (χ1) is 13.9. The number of ether oxygens (including phenoxy) is 2. The van der Waals surface area contributed by atoms with Crippen LogP contribution in [0.25, 0.3) is 0 Å². The third kappa shape index (κ3) is 5.73. The molecule has 1 fully saturated rings. The molecule has 1 aromatic heterocycles. The maximum absolute atomic E-state index is 12.9. The number of hydrogen-bond acceptors (Lipinski definition) is 7. The Morgan fingerprint density at radius 2 is 2.03 bits per heavy atom. The lowest BCUT2D eigenvalue weighted by molar-refractivity contribution is -0.137. The molecule has 2 aromatic rings. The standard InChI is InChI=1S/C18H19F3N4O3S/c1-27-14-3-2-12(18(19,20)21)8-13(14)24-16(26)10-29-17-9-15(22-11-23-17)25-4-6-28-7-5-25/h2-3,8-9,11H,4-7,10H2,1H3,(H,24,26). The summed E-state index contributed by atoms with van der Waals surface area (Å²) in [5.74, 6) is 0.386. The molecule has 1 aliphatic heterocycles. The lowest BCUT2D eigenvalue weighted by Gasteiger charge is -2.27. The zero-order valence-electron chi connectivity index (χ0n) is 15.5. The third-order valence-electron chi connectivity index (χ3n) is 4.11. The average Bonchev–Trinajstić information content (AvgIpc) is 2.72. The van der Waals surface area contributed by atoms with Gasteiger partial charge >= 0.3 is 6.18 Å². The monoisotopic (exact) mass is 428 g/mol. The first-order valence-corrected chi connectivity index (χ1v) is 9.68. The molecular weight excluding hydrogens is 409 g/mol. The normalized spacial score (nSPS) is 14.6. The number of methoxy groups -OCH3 is 1. The molecule has 156 valence electrons. The second-order valence-electron chi connectivity index (χ2n) is 6.06. The Labute approximate surface area is 169 Å². The van der Waals surface area contributed by atoms with Crippen molar-refractivity contribution in [1.82, 2.24) is 9.97 Å². The smallest absolute Gasteiger partial charge is 0.416 e. The quantitative estimate of drug-likeness (QED) is 0.560. The van der Waals surface area contributed by atoms with Crippen LogP contribution in [0.1, 0.15) is 5.56 Å². The van der Waals surface area contributed by atoms with Gasteiger partial charge in [-0.15, -0.1) is 0 Å². The molecule has 0 unspecified atom stereocenters. The van der Waals surface area contributed by atoms with Gasteiger partial charge in [-0.2, -0.15) is 13.2 Å². The van der Waals surface area contributed by atoms with Gasteiger partial charge in [-0.05, 0) is 18.2 Å². The van der Waals surface area contributed by atoms with Crippen molar-refractivity contribution in [3.63, 3.8) is 0 Å². The molecule has 2 heterocycles. The number of aromatic nitrogens is 2. The molecule has 0 saturated carbocycles.